The maximum absolute atomic E-state index is 11.0. The lowest BCUT2D eigenvalue weighted by Gasteiger charge is -2.04. The normalized spacial score (nSPS) is 11.7. The number of aryl methyl sites for hydroxylation is 1. The van der Waals surface area contributed by atoms with E-state index in [1.165, 1.54) is 18.0 Å². The SMILES string of the molecule is Cc1cc(CN)cc(SCCS(C)(=O)=O)n1. The third kappa shape index (κ3) is 4.96. The molecule has 0 aliphatic carbocycles. The van der Waals surface area contributed by atoms with Crippen LogP contribution in [0.25, 0.3) is 0 Å². The molecular formula is C10H16N2O2S2. The molecule has 0 aliphatic heterocycles. The minimum atomic E-state index is -2.89. The maximum atomic E-state index is 11.0. The van der Waals surface area contributed by atoms with Gasteiger partial charge in [0, 0.05) is 24.2 Å². The molecule has 1 rings (SSSR count). The van der Waals surface area contributed by atoms with Gasteiger partial charge in [-0.05, 0) is 24.6 Å². The topological polar surface area (TPSA) is 73.1 Å². The number of hydrogen-bond acceptors (Lipinski definition) is 5. The van der Waals surface area contributed by atoms with Crippen LogP contribution in [-0.4, -0.2) is 31.2 Å². The third-order valence-electron chi connectivity index (χ3n) is 1.93. The number of nitrogens with zero attached hydrogens (tertiary/aromatic N) is 1. The smallest absolute Gasteiger partial charge is 0.148 e. The molecule has 0 aromatic carbocycles. The second kappa shape index (κ2) is 5.65. The number of pyridine rings is 1. The average Bonchev–Trinajstić information content (AvgIpc) is 2.14. The molecule has 0 atom stereocenters. The van der Waals surface area contributed by atoms with E-state index in [1.807, 2.05) is 19.1 Å². The molecule has 0 amide bonds. The second-order valence-electron chi connectivity index (χ2n) is 3.64. The summed E-state index contributed by atoms with van der Waals surface area (Å²) in [6.45, 7) is 2.38. The summed E-state index contributed by atoms with van der Waals surface area (Å²) in [5.41, 5.74) is 7.48. The van der Waals surface area contributed by atoms with Crippen LogP contribution < -0.4 is 5.73 Å². The Kier molecular flexibility index (Phi) is 4.76. The van der Waals surface area contributed by atoms with Crippen LogP contribution >= 0.6 is 11.8 Å². The number of nitrogens with two attached hydrogens (primary N) is 1. The van der Waals surface area contributed by atoms with Gasteiger partial charge < -0.3 is 5.73 Å². The van der Waals surface area contributed by atoms with Crippen molar-refractivity contribution >= 4 is 21.6 Å². The summed E-state index contributed by atoms with van der Waals surface area (Å²) in [7, 11) is -2.89. The lowest BCUT2D eigenvalue weighted by Crippen LogP contribution is -2.05. The Morgan fingerprint density at radius 3 is 2.69 bits per heavy atom. The van der Waals surface area contributed by atoms with Gasteiger partial charge in [0.1, 0.15) is 9.84 Å². The lowest BCUT2D eigenvalue weighted by atomic mass is 10.2. The van der Waals surface area contributed by atoms with Gasteiger partial charge >= 0.3 is 0 Å². The molecule has 0 spiro atoms. The van der Waals surface area contributed by atoms with E-state index in [9.17, 15) is 8.42 Å². The quantitative estimate of drug-likeness (QED) is 0.799. The first-order valence-corrected chi connectivity index (χ1v) is 7.93. The van der Waals surface area contributed by atoms with Crippen molar-refractivity contribution in [3.63, 3.8) is 0 Å². The Hall–Kier alpha value is -0.590. The van der Waals surface area contributed by atoms with Crippen molar-refractivity contribution in [3.8, 4) is 0 Å². The number of rotatable bonds is 5. The van der Waals surface area contributed by atoms with Gasteiger partial charge in [0.05, 0.1) is 10.8 Å². The number of aromatic nitrogens is 1. The molecule has 4 nitrogen and oxygen atoms in total. The summed E-state index contributed by atoms with van der Waals surface area (Å²) in [6.07, 6.45) is 1.24. The third-order valence-corrected chi connectivity index (χ3v) is 4.05. The molecule has 1 aromatic rings. The Morgan fingerprint density at radius 1 is 1.44 bits per heavy atom. The molecule has 0 unspecified atom stereocenters. The van der Waals surface area contributed by atoms with Gasteiger partial charge in [0.15, 0.2) is 0 Å². The Morgan fingerprint density at radius 2 is 2.12 bits per heavy atom. The van der Waals surface area contributed by atoms with E-state index >= 15 is 0 Å². The molecule has 0 aliphatic rings. The highest BCUT2D eigenvalue weighted by atomic mass is 32.2. The van der Waals surface area contributed by atoms with Crippen LogP contribution in [0, 0.1) is 6.92 Å². The summed E-state index contributed by atoms with van der Waals surface area (Å²) < 4.78 is 21.9. The van der Waals surface area contributed by atoms with Crippen molar-refractivity contribution in [2.45, 2.75) is 18.5 Å². The van der Waals surface area contributed by atoms with E-state index in [1.54, 1.807) is 0 Å². The van der Waals surface area contributed by atoms with Gasteiger partial charge in [-0.2, -0.15) is 0 Å². The van der Waals surface area contributed by atoms with Crippen LogP contribution in [0.15, 0.2) is 17.2 Å². The van der Waals surface area contributed by atoms with Crippen LogP contribution in [0.4, 0.5) is 0 Å². The summed E-state index contributed by atoms with van der Waals surface area (Å²) in [4.78, 5) is 4.31. The zero-order chi connectivity index (χ0) is 12.2. The zero-order valence-corrected chi connectivity index (χ0v) is 11.1. The summed E-state index contributed by atoms with van der Waals surface area (Å²) in [5, 5.41) is 0.837. The van der Waals surface area contributed by atoms with Crippen LogP contribution in [0.5, 0.6) is 0 Å². The van der Waals surface area contributed by atoms with E-state index in [2.05, 4.69) is 4.98 Å². The summed E-state index contributed by atoms with van der Waals surface area (Å²) >= 11 is 1.45. The molecule has 0 radical (unpaired) electrons. The van der Waals surface area contributed by atoms with Gasteiger partial charge in [-0.3, -0.25) is 0 Å². The van der Waals surface area contributed by atoms with Crippen LogP contribution in [0.1, 0.15) is 11.3 Å². The minimum Gasteiger partial charge on any atom is -0.326 e. The largest absolute Gasteiger partial charge is 0.326 e. The molecule has 0 bridgehead atoms. The highest BCUT2D eigenvalue weighted by Crippen LogP contribution is 2.17. The van der Waals surface area contributed by atoms with Crippen molar-refractivity contribution in [2.75, 3.05) is 17.8 Å². The lowest BCUT2D eigenvalue weighted by molar-refractivity contribution is 0.603. The van der Waals surface area contributed by atoms with Crippen molar-refractivity contribution in [1.29, 1.82) is 0 Å². The van der Waals surface area contributed by atoms with Gasteiger partial charge in [0.25, 0.3) is 0 Å². The number of thioether (sulfide) groups is 1. The van der Waals surface area contributed by atoms with E-state index in [-0.39, 0.29) is 5.75 Å². The van der Waals surface area contributed by atoms with Crippen molar-refractivity contribution in [1.82, 2.24) is 4.98 Å². The molecule has 6 heteroatoms. The fraction of sp³-hybridized carbons (Fsp3) is 0.500. The van der Waals surface area contributed by atoms with E-state index in [0.29, 0.717) is 12.3 Å². The number of hydrogen-bond donors (Lipinski definition) is 1. The van der Waals surface area contributed by atoms with Gasteiger partial charge in [-0.15, -0.1) is 11.8 Å². The van der Waals surface area contributed by atoms with Crippen LogP contribution in [0.2, 0.25) is 0 Å². The molecule has 16 heavy (non-hydrogen) atoms. The van der Waals surface area contributed by atoms with Gasteiger partial charge in [-0.25, -0.2) is 13.4 Å². The summed E-state index contributed by atoms with van der Waals surface area (Å²) in [5.74, 6) is 0.699. The predicted molar refractivity (Wildman–Crippen MR) is 67.3 cm³/mol. The Labute approximate surface area is 101 Å². The van der Waals surface area contributed by atoms with Crippen LogP contribution in [-0.2, 0) is 16.4 Å². The molecule has 0 saturated carbocycles. The zero-order valence-electron chi connectivity index (χ0n) is 9.43. The summed E-state index contributed by atoms with van der Waals surface area (Å²) in [6, 6.07) is 3.83. The molecule has 1 aromatic heterocycles. The van der Waals surface area contributed by atoms with Crippen molar-refractivity contribution < 1.29 is 8.42 Å². The molecular weight excluding hydrogens is 244 g/mol. The van der Waals surface area contributed by atoms with E-state index < -0.39 is 9.84 Å². The Bertz CT molecular complexity index is 458. The van der Waals surface area contributed by atoms with Crippen molar-refractivity contribution in [3.05, 3.63) is 23.4 Å². The van der Waals surface area contributed by atoms with Crippen LogP contribution in [0.3, 0.4) is 0 Å². The Balaban J connectivity index is 2.63. The van der Waals surface area contributed by atoms with Crippen molar-refractivity contribution in [2.24, 2.45) is 5.73 Å². The first-order valence-electron chi connectivity index (χ1n) is 4.89. The highest BCUT2D eigenvalue weighted by Gasteiger charge is 2.04. The van der Waals surface area contributed by atoms with E-state index in [4.69, 9.17) is 5.73 Å². The molecule has 90 valence electrons. The standard InChI is InChI=1S/C10H16N2O2S2/c1-8-5-9(7-11)6-10(12-8)15-3-4-16(2,13)14/h5-6H,3-4,7,11H2,1-2H3. The van der Waals surface area contributed by atoms with Gasteiger partial charge in [0.2, 0.25) is 0 Å². The monoisotopic (exact) mass is 260 g/mol. The second-order valence-corrected chi connectivity index (χ2v) is 7.01. The molecule has 2 N–H and O–H groups in total. The number of sulfone groups is 1. The van der Waals surface area contributed by atoms with Gasteiger partial charge in [-0.1, -0.05) is 0 Å². The van der Waals surface area contributed by atoms with E-state index in [0.717, 1.165) is 16.3 Å². The average molecular weight is 260 g/mol. The maximum Gasteiger partial charge on any atom is 0.148 e. The fourth-order valence-electron chi connectivity index (χ4n) is 1.20. The molecule has 0 fully saturated rings. The molecule has 1 heterocycles. The first kappa shape index (κ1) is 13.5. The molecule has 0 saturated heterocycles. The highest BCUT2D eigenvalue weighted by molar-refractivity contribution is 8.00. The predicted octanol–water partition coefficient (Wildman–Crippen LogP) is 0.985. The first-order chi connectivity index (χ1) is 7.40. The minimum absolute atomic E-state index is 0.172. The fourth-order valence-corrected chi connectivity index (χ4v) is 3.39.